The molecular formula is C12H9BrClN5. The highest BCUT2D eigenvalue weighted by molar-refractivity contribution is 9.10. The van der Waals surface area contributed by atoms with Gasteiger partial charge in [-0.2, -0.15) is 5.26 Å². The van der Waals surface area contributed by atoms with Crippen molar-refractivity contribution in [1.29, 1.82) is 5.26 Å². The molecule has 0 spiro atoms. The number of hydrogen-bond donors (Lipinski definition) is 2. The number of rotatable bonds is 3. The zero-order chi connectivity index (χ0) is 13.8. The number of aromatic nitrogens is 2. The quantitative estimate of drug-likeness (QED) is 0.895. The summed E-state index contributed by atoms with van der Waals surface area (Å²) < 4.78 is 0.691. The molecular weight excluding hydrogens is 330 g/mol. The lowest BCUT2D eigenvalue weighted by Crippen LogP contribution is -2.01. The van der Waals surface area contributed by atoms with Gasteiger partial charge in [0.25, 0.3) is 0 Å². The van der Waals surface area contributed by atoms with Gasteiger partial charge in [0.1, 0.15) is 22.4 Å². The van der Waals surface area contributed by atoms with Crippen LogP contribution in [0.25, 0.3) is 0 Å². The van der Waals surface area contributed by atoms with Crippen LogP contribution in [0.15, 0.2) is 29.0 Å². The Kier molecular flexibility index (Phi) is 4.20. The van der Waals surface area contributed by atoms with Crippen molar-refractivity contribution in [3.05, 3.63) is 39.6 Å². The molecule has 1 aromatic carbocycles. The van der Waals surface area contributed by atoms with Gasteiger partial charge in [-0.05, 0) is 34.1 Å². The van der Waals surface area contributed by atoms with Gasteiger partial charge in [-0.1, -0.05) is 11.6 Å². The maximum Gasteiger partial charge on any atom is 0.150 e. The van der Waals surface area contributed by atoms with Gasteiger partial charge in [0, 0.05) is 7.05 Å². The number of benzene rings is 1. The molecule has 0 aliphatic heterocycles. The SMILES string of the molecule is CNc1ncnc(Nc2cc(C#N)ccc2Cl)c1Br. The first-order chi connectivity index (χ1) is 9.15. The first-order valence-electron chi connectivity index (χ1n) is 5.30. The summed E-state index contributed by atoms with van der Waals surface area (Å²) in [6, 6.07) is 7.04. The molecule has 96 valence electrons. The van der Waals surface area contributed by atoms with E-state index in [0.717, 1.165) is 0 Å². The van der Waals surface area contributed by atoms with E-state index in [1.807, 2.05) is 0 Å². The topological polar surface area (TPSA) is 73.6 Å². The lowest BCUT2D eigenvalue weighted by atomic mass is 10.2. The zero-order valence-corrected chi connectivity index (χ0v) is 12.2. The minimum Gasteiger partial charge on any atom is -0.372 e. The molecule has 19 heavy (non-hydrogen) atoms. The number of halogens is 2. The van der Waals surface area contributed by atoms with Gasteiger partial charge in [0.2, 0.25) is 0 Å². The molecule has 5 nitrogen and oxygen atoms in total. The van der Waals surface area contributed by atoms with Crippen LogP contribution in [-0.4, -0.2) is 17.0 Å². The first kappa shape index (κ1) is 13.6. The molecule has 0 amide bonds. The molecule has 0 saturated carbocycles. The molecule has 2 aromatic rings. The second-order valence-corrected chi connectivity index (χ2v) is 4.77. The fourth-order valence-electron chi connectivity index (χ4n) is 1.45. The fourth-order valence-corrected chi connectivity index (χ4v) is 2.12. The molecule has 1 heterocycles. The normalized spacial score (nSPS) is 9.79. The van der Waals surface area contributed by atoms with Gasteiger partial charge < -0.3 is 10.6 Å². The first-order valence-corrected chi connectivity index (χ1v) is 6.47. The van der Waals surface area contributed by atoms with Crippen LogP contribution in [0.4, 0.5) is 17.3 Å². The van der Waals surface area contributed by atoms with Gasteiger partial charge in [0.05, 0.1) is 22.3 Å². The molecule has 0 unspecified atom stereocenters. The van der Waals surface area contributed by atoms with Crippen molar-refractivity contribution in [3.8, 4) is 6.07 Å². The van der Waals surface area contributed by atoms with Crippen LogP contribution in [0.3, 0.4) is 0 Å². The highest BCUT2D eigenvalue weighted by Gasteiger charge is 2.09. The van der Waals surface area contributed by atoms with E-state index < -0.39 is 0 Å². The number of hydrogen-bond acceptors (Lipinski definition) is 5. The summed E-state index contributed by atoms with van der Waals surface area (Å²) in [5, 5.41) is 15.4. The van der Waals surface area contributed by atoms with Crippen molar-refractivity contribution < 1.29 is 0 Å². The Morgan fingerprint density at radius 3 is 2.74 bits per heavy atom. The van der Waals surface area contributed by atoms with E-state index >= 15 is 0 Å². The Hall–Kier alpha value is -1.84. The van der Waals surface area contributed by atoms with E-state index in [9.17, 15) is 0 Å². The van der Waals surface area contributed by atoms with Crippen LogP contribution in [-0.2, 0) is 0 Å². The third kappa shape index (κ3) is 2.95. The Bertz CT molecular complexity index is 653. The van der Waals surface area contributed by atoms with Crippen molar-refractivity contribution in [1.82, 2.24) is 9.97 Å². The molecule has 1 aromatic heterocycles. The van der Waals surface area contributed by atoms with Crippen molar-refractivity contribution in [2.45, 2.75) is 0 Å². The van der Waals surface area contributed by atoms with Crippen LogP contribution in [0.2, 0.25) is 5.02 Å². The molecule has 0 bridgehead atoms. The van der Waals surface area contributed by atoms with Crippen LogP contribution >= 0.6 is 27.5 Å². The summed E-state index contributed by atoms with van der Waals surface area (Å²) in [6.07, 6.45) is 1.43. The van der Waals surface area contributed by atoms with E-state index in [0.29, 0.717) is 32.4 Å². The highest BCUT2D eigenvalue weighted by atomic mass is 79.9. The van der Waals surface area contributed by atoms with Crippen molar-refractivity contribution >= 4 is 44.9 Å². The largest absolute Gasteiger partial charge is 0.372 e. The molecule has 0 atom stereocenters. The summed E-state index contributed by atoms with van der Waals surface area (Å²) in [5.74, 6) is 1.22. The Morgan fingerprint density at radius 1 is 1.32 bits per heavy atom. The van der Waals surface area contributed by atoms with E-state index in [1.54, 1.807) is 25.2 Å². The zero-order valence-electron chi connectivity index (χ0n) is 9.91. The lowest BCUT2D eigenvalue weighted by molar-refractivity contribution is 1.14. The van der Waals surface area contributed by atoms with Crippen LogP contribution in [0.5, 0.6) is 0 Å². The third-order valence-electron chi connectivity index (χ3n) is 2.37. The van der Waals surface area contributed by atoms with E-state index in [2.05, 4.69) is 42.6 Å². The number of nitrogens with one attached hydrogen (secondary N) is 2. The predicted molar refractivity (Wildman–Crippen MR) is 78.7 cm³/mol. The van der Waals surface area contributed by atoms with E-state index in [4.69, 9.17) is 16.9 Å². The van der Waals surface area contributed by atoms with Gasteiger partial charge >= 0.3 is 0 Å². The maximum absolute atomic E-state index is 8.89. The monoisotopic (exact) mass is 337 g/mol. The molecule has 0 fully saturated rings. The standard InChI is InChI=1S/C12H9BrClN5/c1-16-11-10(13)12(18-6-17-11)19-9-4-7(5-15)2-3-8(9)14/h2-4,6H,1H3,(H2,16,17,18,19). The van der Waals surface area contributed by atoms with Crippen LogP contribution in [0.1, 0.15) is 5.56 Å². The molecule has 2 N–H and O–H groups in total. The minimum atomic E-state index is 0.510. The Balaban J connectivity index is 2.39. The van der Waals surface area contributed by atoms with E-state index in [1.165, 1.54) is 6.33 Å². The third-order valence-corrected chi connectivity index (χ3v) is 3.46. The molecule has 0 radical (unpaired) electrons. The van der Waals surface area contributed by atoms with Gasteiger partial charge in [-0.3, -0.25) is 0 Å². The second kappa shape index (κ2) is 5.87. The molecule has 0 saturated heterocycles. The molecule has 7 heteroatoms. The van der Waals surface area contributed by atoms with Crippen LogP contribution < -0.4 is 10.6 Å². The minimum absolute atomic E-state index is 0.510. The highest BCUT2D eigenvalue weighted by Crippen LogP contribution is 2.31. The second-order valence-electron chi connectivity index (χ2n) is 3.57. The Morgan fingerprint density at radius 2 is 2.05 bits per heavy atom. The fraction of sp³-hybridized carbons (Fsp3) is 0.0833. The van der Waals surface area contributed by atoms with Crippen molar-refractivity contribution in [3.63, 3.8) is 0 Å². The molecule has 0 aliphatic rings. The lowest BCUT2D eigenvalue weighted by Gasteiger charge is -2.11. The average molecular weight is 339 g/mol. The van der Waals surface area contributed by atoms with E-state index in [-0.39, 0.29) is 0 Å². The Labute approximate surface area is 123 Å². The van der Waals surface area contributed by atoms with Gasteiger partial charge in [-0.15, -0.1) is 0 Å². The number of nitrogens with zero attached hydrogens (tertiary/aromatic N) is 3. The van der Waals surface area contributed by atoms with Gasteiger partial charge in [-0.25, -0.2) is 9.97 Å². The maximum atomic E-state index is 8.89. The molecule has 2 rings (SSSR count). The van der Waals surface area contributed by atoms with Crippen molar-refractivity contribution in [2.75, 3.05) is 17.7 Å². The number of nitriles is 1. The predicted octanol–water partition coefficient (Wildman–Crippen LogP) is 3.55. The molecule has 0 aliphatic carbocycles. The average Bonchev–Trinajstić information content (AvgIpc) is 2.43. The summed E-state index contributed by atoms with van der Waals surface area (Å²) >= 11 is 9.48. The number of anilines is 3. The summed E-state index contributed by atoms with van der Waals surface area (Å²) in [6.45, 7) is 0. The van der Waals surface area contributed by atoms with Crippen LogP contribution in [0, 0.1) is 11.3 Å². The smallest absolute Gasteiger partial charge is 0.150 e. The van der Waals surface area contributed by atoms with Crippen molar-refractivity contribution in [2.24, 2.45) is 0 Å². The van der Waals surface area contributed by atoms with Gasteiger partial charge in [0.15, 0.2) is 0 Å². The summed E-state index contributed by atoms with van der Waals surface area (Å²) in [4.78, 5) is 8.19. The summed E-state index contributed by atoms with van der Waals surface area (Å²) in [7, 11) is 1.76. The summed E-state index contributed by atoms with van der Waals surface area (Å²) in [5.41, 5.74) is 1.13.